The van der Waals surface area contributed by atoms with Gasteiger partial charge in [-0.3, -0.25) is 0 Å². The number of halogens is 2. The van der Waals surface area contributed by atoms with E-state index >= 15 is 0 Å². The first-order chi connectivity index (χ1) is 5.79. The Morgan fingerprint density at radius 3 is 2.75 bits per heavy atom. The van der Waals surface area contributed by atoms with Gasteiger partial charge in [-0.25, -0.2) is 0 Å². The molecule has 0 heterocycles. The van der Waals surface area contributed by atoms with Crippen LogP contribution in [0.5, 0.6) is 0 Å². The zero-order valence-electron chi connectivity index (χ0n) is 6.84. The van der Waals surface area contributed by atoms with E-state index in [0.29, 0.717) is 10.4 Å². The molecule has 0 fully saturated rings. The fourth-order valence-corrected chi connectivity index (χ4v) is 1.42. The topological polar surface area (TPSA) is 0 Å². The maximum Gasteiger partial charge on any atom is 0.106 e. The zero-order chi connectivity index (χ0) is 8.81. The zero-order valence-corrected chi connectivity index (χ0v) is 8.35. The van der Waals surface area contributed by atoms with E-state index in [-0.39, 0.29) is 0 Å². The predicted octanol–water partition coefficient (Wildman–Crippen LogP) is 4.22. The lowest BCUT2D eigenvalue weighted by Gasteiger charge is -2.11. The Kier molecular flexibility index (Phi) is 4.49. The average molecular weight is 203 g/mol. The van der Waals surface area contributed by atoms with Crippen LogP contribution in [-0.4, -0.2) is 0 Å². The van der Waals surface area contributed by atoms with E-state index < -0.39 is 0 Å². The molecule has 12 heavy (non-hydrogen) atoms. The van der Waals surface area contributed by atoms with E-state index in [1.54, 1.807) is 6.08 Å². The second kappa shape index (κ2) is 5.45. The second-order valence-electron chi connectivity index (χ2n) is 2.89. The Bertz CT molecular complexity index is 210. The minimum absolute atomic E-state index is 0.317. The molecule has 66 valence electrons. The quantitative estimate of drug-likeness (QED) is 0.465. The van der Waals surface area contributed by atoms with Crippen molar-refractivity contribution in [3.8, 4) is 0 Å². The standard InChI is InChI=1S/C10H12Cl2/c11-10(12)8-4-7-9-5-2-1-3-6-9/h1-2,4,7-9H,3,5-6H2/b7-4-. The number of allylic oxidation sites excluding steroid dienone is 5. The molecular weight excluding hydrogens is 191 g/mol. The Balaban J connectivity index is 2.35. The van der Waals surface area contributed by atoms with Crippen LogP contribution in [0.1, 0.15) is 19.3 Å². The van der Waals surface area contributed by atoms with Crippen LogP contribution >= 0.6 is 23.2 Å². The summed E-state index contributed by atoms with van der Waals surface area (Å²) >= 11 is 10.9. The Morgan fingerprint density at radius 1 is 1.33 bits per heavy atom. The highest BCUT2D eigenvalue weighted by Gasteiger charge is 2.04. The van der Waals surface area contributed by atoms with Gasteiger partial charge in [0, 0.05) is 0 Å². The highest BCUT2D eigenvalue weighted by atomic mass is 35.5. The van der Waals surface area contributed by atoms with Crippen molar-refractivity contribution in [1.29, 1.82) is 0 Å². The number of hydrogen-bond donors (Lipinski definition) is 0. The minimum Gasteiger partial charge on any atom is -0.0885 e. The largest absolute Gasteiger partial charge is 0.106 e. The van der Waals surface area contributed by atoms with Crippen LogP contribution in [-0.2, 0) is 0 Å². The molecule has 1 aliphatic carbocycles. The summed E-state index contributed by atoms with van der Waals surface area (Å²) in [5.41, 5.74) is 0. The highest BCUT2D eigenvalue weighted by Crippen LogP contribution is 2.19. The van der Waals surface area contributed by atoms with Gasteiger partial charge in [0.05, 0.1) is 0 Å². The monoisotopic (exact) mass is 202 g/mol. The molecule has 0 aromatic heterocycles. The third kappa shape index (κ3) is 3.99. The van der Waals surface area contributed by atoms with Gasteiger partial charge in [0.15, 0.2) is 0 Å². The normalized spacial score (nSPS) is 23.0. The van der Waals surface area contributed by atoms with Crippen molar-refractivity contribution < 1.29 is 0 Å². The fourth-order valence-electron chi connectivity index (χ4n) is 1.28. The van der Waals surface area contributed by atoms with Gasteiger partial charge in [0.2, 0.25) is 0 Å². The van der Waals surface area contributed by atoms with E-state index in [1.807, 2.05) is 6.08 Å². The van der Waals surface area contributed by atoms with Gasteiger partial charge in [-0.05, 0) is 31.3 Å². The van der Waals surface area contributed by atoms with E-state index in [1.165, 1.54) is 12.8 Å². The van der Waals surface area contributed by atoms with Crippen molar-refractivity contribution in [3.63, 3.8) is 0 Å². The Labute approximate surface area is 83.6 Å². The molecule has 0 radical (unpaired) electrons. The SMILES string of the molecule is ClC(Cl)=C/C=C\C1CC=CCC1. The van der Waals surface area contributed by atoms with E-state index in [2.05, 4.69) is 18.2 Å². The summed E-state index contributed by atoms with van der Waals surface area (Å²) in [7, 11) is 0. The summed E-state index contributed by atoms with van der Waals surface area (Å²) in [6, 6.07) is 0. The number of rotatable bonds is 2. The molecule has 0 saturated carbocycles. The van der Waals surface area contributed by atoms with Crippen LogP contribution in [0.15, 0.2) is 34.9 Å². The third-order valence-corrected chi connectivity index (χ3v) is 2.17. The summed E-state index contributed by atoms with van der Waals surface area (Å²) in [4.78, 5) is 0. The smallest absolute Gasteiger partial charge is 0.0885 e. The molecule has 2 heteroatoms. The van der Waals surface area contributed by atoms with Crippen LogP contribution in [0.3, 0.4) is 0 Å². The molecule has 0 saturated heterocycles. The molecule has 0 aromatic rings. The van der Waals surface area contributed by atoms with E-state index in [0.717, 1.165) is 6.42 Å². The molecular formula is C10H12Cl2. The lowest BCUT2D eigenvalue weighted by atomic mass is 9.94. The van der Waals surface area contributed by atoms with Crippen molar-refractivity contribution in [2.24, 2.45) is 5.92 Å². The summed E-state index contributed by atoms with van der Waals surface area (Å²) in [6.07, 6.45) is 13.8. The molecule has 0 spiro atoms. The van der Waals surface area contributed by atoms with Crippen molar-refractivity contribution >= 4 is 23.2 Å². The maximum absolute atomic E-state index is 5.46. The summed E-state index contributed by atoms with van der Waals surface area (Å²) < 4.78 is 0.317. The van der Waals surface area contributed by atoms with Crippen molar-refractivity contribution in [2.45, 2.75) is 19.3 Å². The molecule has 0 nitrogen and oxygen atoms in total. The molecule has 0 bridgehead atoms. The Hall–Kier alpha value is -0.200. The van der Waals surface area contributed by atoms with Crippen LogP contribution < -0.4 is 0 Å². The first-order valence-electron chi connectivity index (χ1n) is 4.13. The first kappa shape index (κ1) is 9.88. The second-order valence-corrected chi connectivity index (χ2v) is 3.89. The lowest BCUT2D eigenvalue weighted by Crippen LogP contribution is -1.97. The molecule has 1 unspecified atom stereocenters. The van der Waals surface area contributed by atoms with Crippen molar-refractivity contribution in [1.82, 2.24) is 0 Å². The molecule has 0 N–H and O–H groups in total. The molecule has 0 aromatic carbocycles. The van der Waals surface area contributed by atoms with Gasteiger partial charge in [0.1, 0.15) is 4.49 Å². The van der Waals surface area contributed by atoms with Crippen molar-refractivity contribution in [2.75, 3.05) is 0 Å². The maximum atomic E-state index is 5.46. The lowest BCUT2D eigenvalue weighted by molar-refractivity contribution is 0.584. The van der Waals surface area contributed by atoms with Crippen LogP contribution in [0.2, 0.25) is 0 Å². The van der Waals surface area contributed by atoms with Gasteiger partial charge in [-0.15, -0.1) is 0 Å². The summed E-state index contributed by atoms with van der Waals surface area (Å²) in [5.74, 6) is 0.666. The van der Waals surface area contributed by atoms with Gasteiger partial charge < -0.3 is 0 Å². The van der Waals surface area contributed by atoms with Gasteiger partial charge in [0.25, 0.3) is 0 Å². The fraction of sp³-hybridized carbons (Fsp3) is 0.400. The minimum atomic E-state index is 0.317. The van der Waals surface area contributed by atoms with E-state index in [4.69, 9.17) is 23.2 Å². The van der Waals surface area contributed by atoms with E-state index in [9.17, 15) is 0 Å². The van der Waals surface area contributed by atoms with Crippen LogP contribution in [0.4, 0.5) is 0 Å². The summed E-state index contributed by atoms with van der Waals surface area (Å²) in [6.45, 7) is 0. The molecule has 0 amide bonds. The molecule has 1 atom stereocenters. The van der Waals surface area contributed by atoms with Crippen LogP contribution in [0, 0.1) is 5.92 Å². The molecule has 1 rings (SSSR count). The van der Waals surface area contributed by atoms with Gasteiger partial charge in [-0.1, -0.05) is 47.5 Å². The number of hydrogen-bond acceptors (Lipinski definition) is 0. The van der Waals surface area contributed by atoms with Gasteiger partial charge in [-0.2, -0.15) is 0 Å². The van der Waals surface area contributed by atoms with Crippen molar-refractivity contribution in [3.05, 3.63) is 34.9 Å². The average Bonchev–Trinajstić information content (AvgIpc) is 2.05. The van der Waals surface area contributed by atoms with Gasteiger partial charge >= 0.3 is 0 Å². The molecule has 0 aliphatic heterocycles. The highest BCUT2D eigenvalue weighted by molar-refractivity contribution is 6.55. The summed E-state index contributed by atoms with van der Waals surface area (Å²) in [5, 5.41) is 0. The third-order valence-electron chi connectivity index (χ3n) is 1.92. The Morgan fingerprint density at radius 2 is 2.17 bits per heavy atom. The van der Waals surface area contributed by atoms with Crippen LogP contribution in [0.25, 0.3) is 0 Å². The molecule has 1 aliphatic rings. The first-order valence-corrected chi connectivity index (χ1v) is 4.89. The predicted molar refractivity (Wildman–Crippen MR) is 55.4 cm³/mol.